The minimum atomic E-state index is -1.09. The third kappa shape index (κ3) is 5.23. The SMILES string of the molecule is CCNC(=O)Nc1c(C(=O)C2CCNCC2C(=O)O)ccc(F)c1-c1cc(-c2ccccn2)c2scnc2c1. The fourth-order valence-corrected chi connectivity index (χ4v) is 5.76. The molecule has 3 heterocycles. The molecule has 2 amide bonds. The first-order valence-electron chi connectivity index (χ1n) is 12.5. The van der Waals surface area contributed by atoms with Gasteiger partial charge in [0.15, 0.2) is 5.78 Å². The standard InChI is InChI=1S/C28H26FN5O4S/c1-2-31-28(38)34-24-17(25(35)16-8-10-30-13-19(16)27(36)37)6-7-20(29)23(24)15-11-18(21-5-3-4-9-32-21)26-22(12-15)33-14-39-26/h3-7,9,11-12,14,16,19,30H,2,8,10,13H2,1H3,(H,36,37)(H2,31,34,38). The Morgan fingerprint density at radius 1 is 1.15 bits per heavy atom. The number of Topliss-reactive ketones (excluding diaryl/α,β-unsaturated/α-hetero) is 1. The van der Waals surface area contributed by atoms with Crippen molar-refractivity contribution < 1.29 is 23.9 Å². The van der Waals surface area contributed by atoms with Crippen molar-refractivity contribution in [3.05, 3.63) is 65.6 Å². The van der Waals surface area contributed by atoms with Gasteiger partial charge in [0.05, 0.1) is 33.0 Å². The molecule has 2 aromatic carbocycles. The van der Waals surface area contributed by atoms with Gasteiger partial charge in [-0.05, 0) is 61.9 Å². The maximum atomic E-state index is 15.7. The highest BCUT2D eigenvalue weighted by Crippen LogP contribution is 2.41. The third-order valence-electron chi connectivity index (χ3n) is 6.79. The molecule has 1 aliphatic heterocycles. The highest BCUT2D eigenvalue weighted by Gasteiger charge is 2.37. The maximum Gasteiger partial charge on any atom is 0.319 e. The molecule has 2 unspecified atom stereocenters. The number of urea groups is 1. The number of fused-ring (bicyclic) bond motifs is 1. The van der Waals surface area contributed by atoms with Crippen molar-refractivity contribution in [3.63, 3.8) is 0 Å². The number of nitrogens with one attached hydrogen (secondary N) is 3. The number of amides is 2. The predicted molar refractivity (Wildman–Crippen MR) is 147 cm³/mol. The van der Waals surface area contributed by atoms with E-state index in [4.69, 9.17) is 0 Å². The average molecular weight is 548 g/mol. The van der Waals surface area contributed by atoms with Crippen LogP contribution in [0.1, 0.15) is 23.7 Å². The van der Waals surface area contributed by atoms with Gasteiger partial charge in [0, 0.05) is 41.9 Å². The molecule has 9 nitrogen and oxygen atoms in total. The number of nitrogens with zero attached hydrogens (tertiary/aromatic N) is 2. The molecule has 11 heteroatoms. The van der Waals surface area contributed by atoms with Crippen LogP contribution in [0.25, 0.3) is 32.6 Å². The molecule has 4 aromatic rings. The maximum absolute atomic E-state index is 15.7. The zero-order chi connectivity index (χ0) is 27.5. The molecule has 0 spiro atoms. The molecule has 0 radical (unpaired) electrons. The fraction of sp³-hybridized carbons (Fsp3) is 0.250. The Morgan fingerprint density at radius 2 is 2.00 bits per heavy atom. The van der Waals surface area contributed by atoms with Crippen LogP contribution in [0.4, 0.5) is 14.9 Å². The summed E-state index contributed by atoms with van der Waals surface area (Å²) in [5.41, 5.74) is 4.14. The average Bonchev–Trinajstić information content (AvgIpc) is 3.42. The van der Waals surface area contributed by atoms with Crippen LogP contribution >= 0.6 is 11.3 Å². The van der Waals surface area contributed by atoms with Gasteiger partial charge in [-0.3, -0.25) is 14.6 Å². The number of halogens is 1. The summed E-state index contributed by atoms with van der Waals surface area (Å²) in [6.07, 6.45) is 1.96. The number of anilines is 1. The molecule has 4 N–H and O–H groups in total. The van der Waals surface area contributed by atoms with Gasteiger partial charge in [0.2, 0.25) is 0 Å². The van der Waals surface area contributed by atoms with Crippen molar-refractivity contribution in [2.75, 3.05) is 25.0 Å². The summed E-state index contributed by atoms with van der Waals surface area (Å²) in [6, 6.07) is 10.8. The molecule has 0 aliphatic carbocycles. The Hall–Kier alpha value is -4.22. The number of aromatic nitrogens is 2. The summed E-state index contributed by atoms with van der Waals surface area (Å²) in [6.45, 7) is 2.66. The van der Waals surface area contributed by atoms with Gasteiger partial charge < -0.3 is 21.1 Å². The van der Waals surface area contributed by atoms with E-state index in [1.165, 1.54) is 23.5 Å². The number of rotatable bonds is 7. The zero-order valence-corrected chi connectivity index (χ0v) is 21.8. The topological polar surface area (TPSA) is 133 Å². The van der Waals surface area contributed by atoms with Crippen molar-refractivity contribution in [1.82, 2.24) is 20.6 Å². The Kier molecular flexibility index (Phi) is 7.62. The number of hydrogen-bond donors (Lipinski definition) is 4. The van der Waals surface area contributed by atoms with Gasteiger partial charge >= 0.3 is 12.0 Å². The fourth-order valence-electron chi connectivity index (χ4n) is 4.97. The van der Waals surface area contributed by atoms with E-state index >= 15 is 4.39 Å². The van der Waals surface area contributed by atoms with Gasteiger partial charge in [-0.25, -0.2) is 14.2 Å². The second-order valence-electron chi connectivity index (χ2n) is 9.18. The molecule has 2 aromatic heterocycles. The first-order chi connectivity index (χ1) is 18.9. The van der Waals surface area contributed by atoms with Crippen LogP contribution in [0.3, 0.4) is 0 Å². The van der Waals surface area contributed by atoms with Crippen molar-refractivity contribution >= 4 is 45.0 Å². The van der Waals surface area contributed by atoms with Gasteiger partial charge in [-0.1, -0.05) is 6.07 Å². The lowest BCUT2D eigenvalue weighted by Crippen LogP contribution is -2.44. The molecule has 1 fully saturated rings. The lowest BCUT2D eigenvalue weighted by Gasteiger charge is -2.29. The minimum Gasteiger partial charge on any atom is -0.481 e. The van der Waals surface area contributed by atoms with E-state index in [0.717, 1.165) is 10.3 Å². The van der Waals surface area contributed by atoms with Gasteiger partial charge in [-0.2, -0.15) is 0 Å². The number of carbonyl (C=O) groups excluding carboxylic acids is 2. The van der Waals surface area contributed by atoms with Crippen molar-refractivity contribution in [1.29, 1.82) is 0 Å². The number of carboxylic acids is 1. The van der Waals surface area contributed by atoms with Gasteiger partial charge in [0.1, 0.15) is 5.82 Å². The Bertz CT molecular complexity index is 1560. The summed E-state index contributed by atoms with van der Waals surface area (Å²) < 4.78 is 16.6. The summed E-state index contributed by atoms with van der Waals surface area (Å²) >= 11 is 1.43. The van der Waals surface area contributed by atoms with Crippen LogP contribution in [-0.2, 0) is 4.79 Å². The lowest BCUT2D eigenvalue weighted by atomic mass is 9.80. The lowest BCUT2D eigenvalue weighted by molar-refractivity contribution is -0.143. The number of thiazole rings is 1. The normalized spacial score (nSPS) is 17.1. The van der Waals surface area contributed by atoms with Crippen molar-refractivity contribution in [2.45, 2.75) is 13.3 Å². The molecule has 1 aliphatic rings. The molecule has 200 valence electrons. The molecule has 0 saturated carbocycles. The highest BCUT2D eigenvalue weighted by molar-refractivity contribution is 7.17. The van der Waals surface area contributed by atoms with Crippen molar-refractivity contribution in [3.8, 4) is 22.4 Å². The van der Waals surface area contributed by atoms with E-state index in [1.54, 1.807) is 36.8 Å². The predicted octanol–water partition coefficient (Wildman–Crippen LogP) is 4.80. The molecule has 1 saturated heterocycles. The molecular formula is C28H26FN5O4S. The molecule has 39 heavy (non-hydrogen) atoms. The van der Waals surface area contributed by atoms with E-state index < -0.39 is 35.4 Å². The number of carboxylic acid groups (broad SMARTS) is 1. The number of benzene rings is 2. The number of pyridine rings is 1. The van der Waals surface area contributed by atoms with Crippen molar-refractivity contribution in [2.24, 2.45) is 11.8 Å². The number of ketones is 1. The molecule has 2 atom stereocenters. The molecule has 5 rings (SSSR count). The molecular weight excluding hydrogens is 521 g/mol. The minimum absolute atomic E-state index is 0.0139. The summed E-state index contributed by atoms with van der Waals surface area (Å²) in [5, 5.41) is 18.1. The van der Waals surface area contributed by atoms with E-state index in [1.807, 2.05) is 12.1 Å². The number of carbonyl (C=O) groups is 3. The summed E-state index contributed by atoms with van der Waals surface area (Å²) in [7, 11) is 0. The second kappa shape index (κ2) is 11.3. The van der Waals surface area contributed by atoms with Crippen LogP contribution in [-0.4, -0.2) is 52.5 Å². The Morgan fingerprint density at radius 3 is 2.74 bits per heavy atom. The van der Waals surface area contributed by atoms with Crippen LogP contribution in [0, 0.1) is 17.7 Å². The monoisotopic (exact) mass is 547 g/mol. The number of hydrogen-bond acceptors (Lipinski definition) is 7. The first kappa shape index (κ1) is 26.4. The summed E-state index contributed by atoms with van der Waals surface area (Å²) in [4.78, 5) is 47.3. The van der Waals surface area contributed by atoms with Crippen LogP contribution < -0.4 is 16.0 Å². The van der Waals surface area contributed by atoms with E-state index in [2.05, 4.69) is 25.9 Å². The molecule has 0 bridgehead atoms. The van der Waals surface area contributed by atoms with Crippen LogP contribution in [0.2, 0.25) is 0 Å². The third-order valence-corrected chi connectivity index (χ3v) is 7.67. The highest BCUT2D eigenvalue weighted by atomic mass is 32.1. The summed E-state index contributed by atoms with van der Waals surface area (Å²) in [5.74, 6) is -3.98. The van der Waals surface area contributed by atoms with E-state index in [0.29, 0.717) is 36.3 Å². The Labute approximate surface area is 227 Å². The largest absolute Gasteiger partial charge is 0.481 e. The van der Waals surface area contributed by atoms with Crippen LogP contribution in [0.5, 0.6) is 0 Å². The quantitative estimate of drug-likeness (QED) is 0.244. The van der Waals surface area contributed by atoms with E-state index in [9.17, 15) is 19.5 Å². The number of aliphatic carboxylic acids is 1. The Balaban J connectivity index is 1.71. The van der Waals surface area contributed by atoms with Gasteiger partial charge in [0.25, 0.3) is 0 Å². The smallest absolute Gasteiger partial charge is 0.319 e. The second-order valence-corrected chi connectivity index (χ2v) is 10.0. The van der Waals surface area contributed by atoms with E-state index in [-0.39, 0.29) is 23.4 Å². The number of piperidine rings is 1. The van der Waals surface area contributed by atoms with Gasteiger partial charge in [-0.15, -0.1) is 11.3 Å². The zero-order valence-electron chi connectivity index (χ0n) is 21.0. The van der Waals surface area contributed by atoms with Crippen LogP contribution in [0.15, 0.2) is 54.2 Å². The first-order valence-corrected chi connectivity index (χ1v) is 13.4.